The lowest BCUT2D eigenvalue weighted by molar-refractivity contribution is 0.0689. The van der Waals surface area contributed by atoms with Crippen LogP contribution in [0.25, 0.3) is 0 Å². The van der Waals surface area contributed by atoms with Gasteiger partial charge in [0.15, 0.2) is 0 Å². The maximum absolute atomic E-state index is 12.6. The summed E-state index contributed by atoms with van der Waals surface area (Å²) in [5.41, 5.74) is 3.26. The van der Waals surface area contributed by atoms with Crippen molar-refractivity contribution in [2.45, 2.75) is 13.1 Å². The van der Waals surface area contributed by atoms with E-state index < -0.39 is 5.91 Å². The number of benzene rings is 1. The van der Waals surface area contributed by atoms with Gasteiger partial charge < -0.3 is 14.2 Å². The molecule has 0 unspecified atom stereocenters. The second-order valence-electron chi connectivity index (χ2n) is 5.33. The first-order valence-electron chi connectivity index (χ1n) is 7.19. The Kier molecular flexibility index (Phi) is 4.03. The normalized spacial score (nSPS) is 13.7. The number of hydroxylamine groups is 1. The average molecular weight is 315 g/mol. The van der Waals surface area contributed by atoms with Gasteiger partial charge in [-0.25, -0.2) is 5.48 Å². The number of nitrogens with one attached hydrogen (secondary N) is 1. The second kappa shape index (κ2) is 6.13. The van der Waals surface area contributed by atoms with Crippen LogP contribution in [0.3, 0.4) is 0 Å². The van der Waals surface area contributed by atoms with E-state index in [-0.39, 0.29) is 11.5 Å². The van der Waals surface area contributed by atoms with E-state index in [0.29, 0.717) is 25.3 Å². The highest BCUT2D eigenvalue weighted by atomic mass is 16.5. The number of rotatable bonds is 4. The fraction of sp³-hybridized carbons (Fsp3) is 0.250. The predicted octanol–water partition coefficient (Wildman–Crippen LogP) is 1.27. The van der Waals surface area contributed by atoms with Gasteiger partial charge in [0.1, 0.15) is 11.4 Å². The van der Waals surface area contributed by atoms with E-state index in [2.05, 4.69) is 0 Å². The highest BCUT2D eigenvalue weighted by Crippen LogP contribution is 2.20. The Labute approximate surface area is 133 Å². The Morgan fingerprint density at radius 1 is 1.35 bits per heavy atom. The molecule has 0 spiro atoms. The van der Waals surface area contributed by atoms with Crippen molar-refractivity contribution in [3.8, 4) is 5.75 Å². The molecular weight excluding hydrogens is 298 g/mol. The molecule has 2 amide bonds. The zero-order valence-corrected chi connectivity index (χ0v) is 12.7. The minimum absolute atomic E-state index is 0.143. The Bertz CT molecular complexity index is 754. The average Bonchev–Trinajstić information content (AvgIpc) is 3.02. The number of nitrogens with zero attached hydrogens (tertiary/aromatic N) is 2. The van der Waals surface area contributed by atoms with Crippen LogP contribution in [0.4, 0.5) is 0 Å². The van der Waals surface area contributed by atoms with Crippen molar-refractivity contribution in [1.29, 1.82) is 0 Å². The molecule has 0 fully saturated rings. The minimum Gasteiger partial charge on any atom is -0.497 e. The van der Waals surface area contributed by atoms with Crippen LogP contribution >= 0.6 is 0 Å². The van der Waals surface area contributed by atoms with Crippen molar-refractivity contribution in [1.82, 2.24) is 14.9 Å². The van der Waals surface area contributed by atoms with Gasteiger partial charge in [-0.2, -0.15) is 0 Å². The number of ether oxygens (including phenoxy) is 1. The standard InChI is InChI=1S/C16H17N3O4/c1-23-13-4-2-3-11(7-13)9-19-6-5-18-10-12(15(20)17-22)8-14(18)16(19)21/h2-4,7-8,10,22H,5-6,9H2,1H3,(H,17,20). The summed E-state index contributed by atoms with van der Waals surface area (Å²) in [5.74, 6) is -0.0210. The van der Waals surface area contributed by atoms with Crippen LogP contribution in [0.1, 0.15) is 26.4 Å². The summed E-state index contributed by atoms with van der Waals surface area (Å²) in [6.07, 6.45) is 1.57. The Hall–Kier alpha value is -2.80. The summed E-state index contributed by atoms with van der Waals surface area (Å²) < 4.78 is 6.92. The van der Waals surface area contributed by atoms with Gasteiger partial charge in [0.25, 0.3) is 11.8 Å². The third-order valence-corrected chi connectivity index (χ3v) is 3.89. The maximum atomic E-state index is 12.6. The number of hydrogen-bond donors (Lipinski definition) is 2. The SMILES string of the molecule is COc1cccc(CN2CCn3cc(C(=O)NO)cc3C2=O)c1. The molecule has 0 saturated heterocycles. The van der Waals surface area contributed by atoms with Gasteiger partial charge >= 0.3 is 0 Å². The molecule has 2 aromatic rings. The van der Waals surface area contributed by atoms with Crippen LogP contribution in [0, 0.1) is 0 Å². The molecule has 0 radical (unpaired) electrons. The van der Waals surface area contributed by atoms with Crippen molar-refractivity contribution >= 4 is 11.8 Å². The third-order valence-electron chi connectivity index (χ3n) is 3.89. The number of hydrogen-bond acceptors (Lipinski definition) is 4. The molecule has 0 saturated carbocycles. The molecule has 2 N–H and O–H groups in total. The van der Waals surface area contributed by atoms with Crippen LogP contribution in [0.15, 0.2) is 36.5 Å². The van der Waals surface area contributed by atoms with Gasteiger partial charge in [0.05, 0.1) is 12.7 Å². The lowest BCUT2D eigenvalue weighted by Gasteiger charge is -2.28. The zero-order valence-electron chi connectivity index (χ0n) is 12.7. The molecule has 120 valence electrons. The van der Waals surface area contributed by atoms with Crippen molar-refractivity contribution < 1.29 is 19.5 Å². The molecule has 7 nitrogen and oxygen atoms in total. The quantitative estimate of drug-likeness (QED) is 0.657. The van der Waals surface area contributed by atoms with Crippen molar-refractivity contribution in [3.63, 3.8) is 0 Å². The van der Waals surface area contributed by atoms with Crippen LogP contribution < -0.4 is 10.2 Å². The first-order valence-corrected chi connectivity index (χ1v) is 7.19. The van der Waals surface area contributed by atoms with E-state index in [1.54, 1.807) is 28.3 Å². The zero-order chi connectivity index (χ0) is 16.4. The molecule has 2 heterocycles. The van der Waals surface area contributed by atoms with E-state index in [4.69, 9.17) is 9.94 Å². The van der Waals surface area contributed by atoms with Crippen molar-refractivity contribution in [3.05, 3.63) is 53.3 Å². The fourth-order valence-corrected chi connectivity index (χ4v) is 2.70. The van der Waals surface area contributed by atoms with Crippen LogP contribution in [-0.4, -0.2) is 40.1 Å². The third kappa shape index (κ3) is 2.91. The van der Waals surface area contributed by atoms with Crippen molar-refractivity contribution in [2.75, 3.05) is 13.7 Å². The molecule has 7 heteroatoms. The minimum atomic E-state index is -0.626. The number of carbonyl (C=O) groups is 2. The lowest BCUT2D eigenvalue weighted by atomic mass is 10.1. The second-order valence-corrected chi connectivity index (χ2v) is 5.33. The van der Waals surface area contributed by atoms with Crippen LogP contribution in [-0.2, 0) is 13.1 Å². The van der Waals surface area contributed by atoms with E-state index >= 15 is 0 Å². The Morgan fingerprint density at radius 2 is 2.17 bits per heavy atom. The monoisotopic (exact) mass is 315 g/mol. The smallest absolute Gasteiger partial charge is 0.276 e. The molecule has 0 bridgehead atoms. The first-order chi connectivity index (χ1) is 11.1. The number of amides is 2. The lowest BCUT2D eigenvalue weighted by Crippen LogP contribution is -2.39. The van der Waals surface area contributed by atoms with Gasteiger partial charge in [0, 0.05) is 25.8 Å². The van der Waals surface area contributed by atoms with Gasteiger partial charge in [0.2, 0.25) is 0 Å². The predicted molar refractivity (Wildman–Crippen MR) is 81.4 cm³/mol. The maximum Gasteiger partial charge on any atom is 0.276 e. The fourth-order valence-electron chi connectivity index (χ4n) is 2.70. The van der Waals surface area contributed by atoms with E-state index in [1.165, 1.54) is 6.07 Å². The number of fused-ring (bicyclic) bond motifs is 1. The van der Waals surface area contributed by atoms with Crippen molar-refractivity contribution in [2.24, 2.45) is 0 Å². The summed E-state index contributed by atoms with van der Waals surface area (Å²) in [6, 6.07) is 9.06. The highest BCUT2D eigenvalue weighted by molar-refractivity contribution is 5.99. The molecule has 1 aromatic heterocycles. The summed E-state index contributed by atoms with van der Waals surface area (Å²) in [7, 11) is 1.60. The van der Waals surface area contributed by atoms with E-state index in [9.17, 15) is 9.59 Å². The summed E-state index contributed by atoms with van der Waals surface area (Å²) >= 11 is 0. The van der Waals surface area contributed by atoms with Crippen LogP contribution in [0.5, 0.6) is 5.75 Å². The summed E-state index contributed by atoms with van der Waals surface area (Å²) in [4.78, 5) is 25.8. The Balaban J connectivity index is 1.80. The summed E-state index contributed by atoms with van der Waals surface area (Å²) in [5, 5.41) is 8.70. The largest absolute Gasteiger partial charge is 0.497 e. The molecule has 1 aliphatic rings. The molecule has 0 aliphatic carbocycles. The molecule has 3 rings (SSSR count). The van der Waals surface area contributed by atoms with Crippen LogP contribution in [0.2, 0.25) is 0 Å². The Morgan fingerprint density at radius 3 is 2.91 bits per heavy atom. The molecule has 1 aliphatic heterocycles. The number of aromatic nitrogens is 1. The topological polar surface area (TPSA) is 83.8 Å². The van der Waals surface area contributed by atoms with Gasteiger partial charge in [-0.15, -0.1) is 0 Å². The van der Waals surface area contributed by atoms with E-state index in [1.807, 2.05) is 24.3 Å². The van der Waals surface area contributed by atoms with Gasteiger partial charge in [-0.1, -0.05) is 12.1 Å². The summed E-state index contributed by atoms with van der Waals surface area (Å²) in [6.45, 7) is 1.63. The molecule has 23 heavy (non-hydrogen) atoms. The molecular formula is C16H17N3O4. The van der Waals surface area contributed by atoms with Gasteiger partial charge in [-0.3, -0.25) is 14.8 Å². The molecule has 0 atom stereocenters. The number of carbonyl (C=O) groups excluding carboxylic acids is 2. The molecule has 1 aromatic carbocycles. The first kappa shape index (κ1) is 15.1. The number of methoxy groups -OCH3 is 1. The van der Waals surface area contributed by atoms with Gasteiger partial charge in [-0.05, 0) is 23.8 Å². The van der Waals surface area contributed by atoms with E-state index in [0.717, 1.165) is 11.3 Å². The highest BCUT2D eigenvalue weighted by Gasteiger charge is 2.26.